The SMILES string of the molecule is Cc1cc(C(=O)Nc2cccc(C#N)c2)nc(Nc2ccccc2C(C)C)n1. The fraction of sp³-hybridized carbons (Fsp3) is 0.182. The molecule has 1 heterocycles. The molecule has 1 amide bonds. The number of nitriles is 1. The van der Waals surface area contributed by atoms with E-state index in [1.165, 1.54) is 0 Å². The zero-order valence-corrected chi connectivity index (χ0v) is 16.0. The third kappa shape index (κ3) is 4.51. The average molecular weight is 371 g/mol. The van der Waals surface area contributed by atoms with Crippen molar-refractivity contribution in [3.05, 3.63) is 77.1 Å². The van der Waals surface area contributed by atoms with Crippen molar-refractivity contribution < 1.29 is 4.79 Å². The van der Waals surface area contributed by atoms with Crippen molar-refractivity contribution in [1.82, 2.24) is 9.97 Å². The molecular weight excluding hydrogens is 350 g/mol. The largest absolute Gasteiger partial charge is 0.324 e. The van der Waals surface area contributed by atoms with Gasteiger partial charge in [0.05, 0.1) is 11.6 Å². The number of carbonyl (C=O) groups is 1. The van der Waals surface area contributed by atoms with Gasteiger partial charge in [-0.05, 0) is 48.7 Å². The summed E-state index contributed by atoms with van der Waals surface area (Å²) in [7, 11) is 0. The number of anilines is 3. The van der Waals surface area contributed by atoms with E-state index in [9.17, 15) is 4.79 Å². The number of hydrogen-bond acceptors (Lipinski definition) is 5. The van der Waals surface area contributed by atoms with Gasteiger partial charge in [0.15, 0.2) is 0 Å². The van der Waals surface area contributed by atoms with Crippen LogP contribution in [0.1, 0.15) is 47.1 Å². The summed E-state index contributed by atoms with van der Waals surface area (Å²) in [5.41, 5.74) is 4.00. The normalized spacial score (nSPS) is 10.4. The van der Waals surface area contributed by atoms with Crippen LogP contribution in [0.5, 0.6) is 0 Å². The Morgan fingerprint density at radius 3 is 2.61 bits per heavy atom. The van der Waals surface area contributed by atoms with Gasteiger partial charge in [0.1, 0.15) is 5.69 Å². The number of nitrogens with zero attached hydrogens (tertiary/aromatic N) is 3. The van der Waals surface area contributed by atoms with Crippen molar-refractivity contribution in [3.8, 4) is 6.07 Å². The van der Waals surface area contributed by atoms with Crippen LogP contribution >= 0.6 is 0 Å². The minimum atomic E-state index is -0.360. The molecule has 0 bridgehead atoms. The molecule has 0 radical (unpaired) electrons. The number of benzene rings is 2. The van der Waals surface area contributed by atoms with Gasteiger partial charge in [-0.1, -0.05) is 38.1 Å². The van der Waals surface area contributed by atoms with E-state index in [0.717, 1.165) is 11.3 Å². The van der Waals surface area contributed by atoms with E-state index < -0.39 is 0 Å². The summed E-state index contributed by atoms with van der Waals surface area (Å²) in [6, 6.07) is 18.4. The predicted molar refractivity (Wildman–Crippen MR) is 110 cm³/mol. The molecule has 6 nitrogen and oxygen atoms in total. The van der Waals surface area contributed by atoms with Gasteiger partial charge in [-0.3, -0.25) is 4.79 Å². The molecule has 0 aliphatic carbocycles. The Labute approximate surface area is 164 Å². The molecule has 6 heteroatoms. The standard InChI is InChI=1S/C22H21N5O/c1-14(2)18-9-4-5-10-19(18)26-22-24-15(3)11-20(27-22)21(28)25-17-8-6-7-16(12-17)13-23/h4-12,14H,1-3H3,(H,25,28)(H,24,26,27). The molecule has 0 aliphatic rings. The molecule has 28 heavy (non-hydrogen) atoms. The highest BCUT2D eigenvalue weighted by molar-refractivity contribution is 6.03. The maximum Gasteiger partial charge on any atom is 0.274 e. The average Bonchev–Trinajstić information content (AvgIpc) is 2.68. The van der Waals surface area contributed by atoms with Gasteiger partial charge in [0.2, 0.25) is 5.95 Å². The van der Waals surface area contributed by atoms with Gasteiger partial charge in [0.25, 0.3) is 5.91 Å². The topological polar surface area (TPSA) is 90.7 Å². The van der Waals surface area contributed by atoms with Crippen molar-refractivity contribution in [1.29, 1.82) is 5.26 Å². The van der Waals surface area contributed by atoms with Crippen LogP contribution in [0.15, 0.2) is 54.6 Å². The summed E-state index contributed by atoms with van der Waals surface area (Å²) in [6.45, 7) is 6.05. The Hall–Kier alpha value is -3.72. The number of hydrogen-bond donors (Lipinski definition) is 2. The van der Waals surface area contributed by atoms with Gasteiger partial charge in [0, 0.05) is 17.1 Å². The van der Waals surface area contributed by atoms with E-state index in [2.05, 4.69) is 46.6 Å². The molecule has 0 atom stereocenters. The van der Waals surface area contributed by atoms with Crippen molar-refractivity contribution in [3.63, 3.8) is 0 Å². The zero-order chi connectivity index (χ0) is 20.1. The highest BCUT2D eigenvalue weighted by Gasteiger charge is 2.13. The number of nitrogens with one attached hydrogen (secondary N) is 2. The number of aromatic nitrogens is 2. The second kappa shape index (κ2) is 8.31. The van der Waals surface area contributed by atoms with E-state index in [-0.39, 0.29) is 11.6 Å². The first-order chi connectivity index (χ1) is 13.5. The summed E-state index contributed by atoms with van der Waals surface area (Å²) >= 11 is 0. The molecule has 3 aromatic rings. The van der Waals surface area contributed by atoms with E-state index in [1.54, 1.807) is 30.3 Å². The Morgan fingerprint density at radius 2 is 1.86 bits per heavy atom. The summed E-state index contributed by atoms with van der Waals surface area (Å²) in [5.74, 6) is 0.341. The highest BCUT2D eigenvalue weighted by atomic mass is 16.1. The predicted octanol–water partition coefficient (Wildman–Crippen LogP) is 4.78. The lowest BCUT2D eigenvalue weighted by Crippen LogP contribution is -2.15. The lowest BCUT2D eigenvalue weighted by molar-refractivity contribution is 0.102. The van der Waals surface area contributed by atoms with Crippen LogP contribution in [0.4, 0.5) is 17.3 Å². The Bertz CT molecular complexity index is 1050. The highest BCUT2D eigenvalue weighted by Crippen LogP contribution is 2.26. The van der Waals surface area contributed by atoms with E-state index in [1.807, 2.05) is 25.1 Å². The van der Waals surface area contributed by atoms with E-state index >= 15 is 0 Å². The molecule has 3 rings (SSSR count). The van der Waals surface area contributed by atoms with Crippen molar-refractivity contribution in [2.75, 3.05) is 10.6 Å². The molecule has 0 saturated heterocycles. The Balaban J connectivity index is 1.85. The summed E-state index contributed by atoms with van der Waals surface area (Å²) in [4.78, 5) is 21.4. The smallest absolute Gasteiger partial charge is 0.274 e. The zero-order valence-electron chi connectivity index (χ0n) is 16.0. The molecule has 0 saturated carbocycles. The monoisotopic (exact) mass is 371 g/mol. The molecule has 140 valence electrons. The first-order valence-electron chi connectivity index (χ1n) is 8.99. The van der Waals surface area contributed by atoms with Crippen LogP contribution in [-0.2, 0) is 0 Å². The van der Waals surface area contributed by atoms with Crippen LogP contribution in [0, 0.1) is 18.3 Å². The number of carbonyl (C=O) groups excluding carboxylic acids is 1. The lowest BCUT2D eigenvalue weighted by atomic mass is 10.0. The fourth-order valence-electron chi connectivity index (χ4n) is 2.84. The third-order valence-corrected chi connectivity index (χ3v) is 4.17. The van der Waals surface area contributed by atoms with E-state index in [0.29, 0.717) is 28.8 Å². The minimum Gasteiger partial charge on any atom is -0.324 e. The van der Waals surface area contributed by atoms with Crippen molar-refractivity contribution >= 4 is 23.2 Å². The molecular formula is C22H21N5O. The van der Waals surface area contributed by atoms with Gasteiger partial charge in [-0.25, -0.2) is 9.97 Å². The number of para-hydroxylation sites is 1. The molecule has 2 aromatic carbocycles. The Morgan fingerprint density at radius 1 is 1.07 bits per heavy atom. The number of amides is 1. The maximum absolute atomic E-state index is 12.6. The van der Waals surface area contributed by atoms with Crippen molar-refractivity contribution in [2.45, 2.75) is 26.7 Å². The van der Waals surface area contributed by atoms with Gasteiger partial charge >= 0.3 is 0 Å². The molecule has 0 aliphatic heterocycles. The Kier molecular flexibility index (Phi) is 5.66. The van der Waals surface area contributed by atoms with Crippen LogP contribution < -0.4 is 10.6 Å². The fourth-order valence-corrected chi connectivity index (χ4v) is 2.84. The quantitative estimate of drug-likeness (QED) is 0.674. The molecule has 0 spiro atoms. The first kappa shape index (κ1) is 19.1. The van der Waals surface area contributed by atoms with Gasteiger partial charge in [-0.15, -0.1) is 0 Å². The second-order valence-electron chi connectivity index (χ2n) is 6.73. The molecule has 1 aromatic heterocycles. The summed E-state index contributed by atoms with van der Waals surface area (Å²) in [5, 5.41) is 15.0. The maximum atomic E-state index is 12.6. The summed E-state index contributed by atoms with van der Waals surface area (Å²) < 4.78 is 0. The first-order valence-corrected chi connectivity index (χ1v) is 8.99. The molecule has 0 unspecified atom stereocenters. The molecule has 2 N–H and O–H groups in total. The lowest BCUT2D eigenvalue weighted by Gasteiger charge is -2.14. The molecule has 0 fully saturated rings. The number of rotatable bonds is 5. The van der Waals surface area contributed by atoms with Crippen LogP contribution in [0.25, 0.3) is 0 Å². The second-order valence-corrected chi connectivity index (χ2v) is 6.73. The summed E-state index contributed by atoms with van der Waals surface area (Å²) in [6.07, 6.45) is 0. The van der Waals surface area contributed by atoms with Gasteiger partial charge < -0.3 is 10.6 Å². The van der Waals surface area contributed by atoms with Gasteiger partial charge in [-0.2, -0.15) is 5.26 Å². The minimum absolute atomic E-state index is 0.249. The third-order valence-electron chi connectivity index (χ3n) is 4.17. The van der Waals surface area contributed by atoms with Crippen LogP contribution in [0.2, 0.25) is 0 Å². The van der Waals surface area contributed by atoms with Crippen LogP contribution in [-0.4, -0.2) is 15.9 Å². The van der Waals surface area contributed by atoms with Crippen LogP contribution in [0.3, 0.4) is 0 Å². The number of aryl methyl sites for hydroxylation is 1. The van der Waals surface area contributed by atoms with Crippen molar-refractivity contribution in [2.24, 2.45) is 0 Å². The van der Waals surface area contributed by atoms with E-state index in [4.69, 9.17) is 5.26 Å².